The van der Waals surface area contributed by atoms with E-state index in [4.69, 9.17) is 67.5 Å². The number of halogens is 5. The molecule has 0 radical (unpaired) electrons. The van der Waals surface area contributed by atoms with Crippen LogP contribution in [0.5, 0.6) is 5.75 Å². The first kappa shape index (κ1) is 23.5. The lowest BCUT2D eigenvalue weighted by Crippen LogP contribution is -2.48. The van der Waals surface area contributed by atoms with Crippen molar-refractivity contribution in [1.29, 1.82) is 0 Å². The summed E-state index contributed by atoms with van der Waals surface area (Å²) in [7, 11) is 1.51. The maximum atomic E-state index is 12.2. The van der Waals surface area contributed by atoms with Gasteiger partial charge in [0.05, 0.1) is 17.2 Å². The van der Waals surface area contributed by atoms with Crippen molar-refractivity contribution in [3.05, 3.63) is 52.5 Å². The zero-order chi connectivity index (χ0) is 21.6. The molecule has 12 heteroatoms. The van der Waals surface area contributed by atoms with Gasteiger partial charge in [-0.1, -0.05) is 58.0 Å². The maximum absolute atomic E-state index is 12.2. The van der Waals surface area contributed by atoms with Crippen LogP contribution in [0.4, 0.5) is 21.0 Å². The van der Waals surface area contributed by atoms with Gasteiger partial charge in [-0.05, 0) is 42.5 Å². The zero-order valence-corrected chi connectivity index (χ0v) is 18.4. The van der Waals surface area contributed by atoms with E-state index in [1.807, 2.05) is 0 Å². The number of methoxy groups -OCH3 is 1. The molecule has 0 saturated heterocycles. The molecule has 2 aromatic carbocycles. The highest BCUT2D eigenvalue weighted by atomic mass is 35.6. The molecule has 3 amide bonds. The number of alkyl halides is 3. The van der Waals surface area contributed by atoms with E-state index in [-0.39, 0.29) is 10.7 Å². The van der Waals surface area contributed by atoms with Crippen molar-refractivity contribution in [2.75, 3.05) is 17.7 Å². The van der Waals surface area contributed by atoms with E-state index in [2.05, 4.69) is 16.0 Å². The highest BCUT2D eigenvalue weighted by Crippen LogP contribution is 2.31. The van der Waals surface area contributed by atoms with Crippen LogP contribution in [0.2, 0.25) is 10.0 Å². The van der Waals surface area contributed by atoms with Gasteiger partial charge in [-0.2, -0.15) is 0 Å². The van der Waals surface area contributed by atoms with Gasteiger partial charge in [-0.15, -0.1) is 0 Å². The van der Waals surface area contributed by atoms with Gasteiger partial charge in [0.1, 0.15) is 5.75 Å². The topological polar surface area (TPSA) is 88.7 Å². The van der Waals surface area contributed by atoms with Crippen LogP contribution >= 0.6 is 58.0 Å². The van der Waals surface area contributed by atoms with Crippen molar-refractivity contribution in [2.45, 2.75) is 10.0 Å². The Hall–Kier alpha value is -1.77. The molecule has 0 fully saturated rings. The van der Waals surface area contributed by atoms with Gasteiger partial charge in [-0.3, -0.25) is 10.6 Å². The minimum Gasteiger partial charge on any atom is -0.497 e. The van der Waals surface area contributed by atoms with E-state index in [1.54, 1.807) is 24.3 Å². The largest absolute Gasteiger partial charge is 0.497 e. The Balaban J connectivity index is 1.99. The number of urea groups is 1. The lowest BCUT2D eigenvalue weighted by atomic mass is 10.3. The summed E-state index contributed by atoms with van der Waals surface area (Å²) in [5, 5.41) is 7.68. The number of rotatable bonds is 5. The Morgan fingerprint density at radius 1 is 0.931 bits per heavy atom. The molecule has 156 valence electrons. The Morgan fingerprint density at radius 2 is 1.55 bits per heavy atom. The molecule has 3 N–H and O–H groups in total. The first-order valence-corrected chi connectivity index (χ1v) is 9.68. The van der Waals surface area contributed by atoms with Crippen molar-refractivity contribution in [1.82, 2.24) is 5.32 Å². The van der Waals surface area contributed by atoms with Crippen LogP contribution in [0.15, 0.2) is 42.5 Å². The third kappa shape index (κ3) is 7.53. The van der Waals surface area contributed by atoms with Crippen molar-refractivity contribution in [3.63, 3.8) is 0 Å². The number of nitrogens with one attached hydrogen (secondary N) is 3. The lowest BCUT2D eigenvalue weighted by Gasteiger charge is -2.25. The number of carbonyl (C=O) groups is 2. The highest BCUT2D eigenvalue weighted by molar-refractivity contribution is 6.68. The SMILES string of the molecule is COc1ccc(NC(=O)NC(OC(=O)Nc2ccc(Cl)c(Cl)c2)C(Cl)(Cl)Cl)cc1. The normalized spacial score (nSPS) is 11.9. The van der Waals surface area contributed by atoms with Gasteiger partial charge in [0.2, 0.25) is 10.0 Å². The van der Waals surface area contributed by atoms with Crippen molar-refractivity contribution in [2.24, 2.45) is 0 Å². The van der Waals surface area contributed by atoms with Gasteiger partial charge >= 0.3 is 12.1 Å². The number of carbonyl (C=O) groups excluding carboxylic acids is 2. The zero-order valence-electron chi connectivity index (χ0n) is 14.6. The molecule has 0 aliphatic heterocycles. The molecular formula is C17H14Cl5N3O4. The molecule has 0 spiro atoms. The highest BCUT2D eigenvalue weighted by Gasteiger charge is 2.37. The standard InChI is InChI=1S/C17H14Cl5N3O4/c1-28-11-5-2-9(3-6-11)23-15(26)25-14(17(20,21)22)29-16(27)24-10-4-7-12(18)13(19)8-10/h2-8,14H,1H3,(H,24,27)(H2,23,25,26). The predicted molar refractivity (Wildman–Crippen MR) is 116 cm³/mol. The summed E-state index contributed by atoms with van der Waals surface area (Å²) in [5.41, 5.74) is 0.724. The summed E-state index contributed by atoms with van der Waals surface area (Å²) < 4.78 is 7.90. The quantitative estimate of drug-likeness (QED) is 0.343. The van der Waals surface area contributed by atoms with Crippen molar-refractivity contribution in [3.8, 4) is 5.75 Å². The molecule has 0 heterocycles. The minimum atomic E-state index is -2.15. The summed E-state index contributed by atoms with van der Waals surface area (Å²) in [6.45, 7) is 0. The van der Waals surface area contributed by atoms with Crippen LogP contribution in [0, 0.1) is 0 Å². The van der Waals surface area contributed by atoms with Crippen LogP contribution in [0.3, 0.4) is 0 Å². The number of hydrogen-bond donors (Lipinski definition) is 3. The predicted octanol–water partition coefficient (Wildman–Crippen LogP) is 6.07. The number of anilines is 2. The first-order chi connectivity index (χ1) is 13.6. The third-order valence-corrected chi connectivity index (χ3v) is 4.63. The second-order valence-corrected chi connectivity index (χ2v) is 8.59. The molecule has 1 atom stereocenters. The summed E-state index contributed by atoms with van der Waals surface area (Å²) in [6.07, 6.45) is -2.60. The maximum Gasteiger partial charge on any atom is 0.413 e. The third-order valence-electron chi connectivity index (χ3n) is 3.30. The molecule has 0 aliphatic rings. The molecule has 0 aromatic heterocycles. The minimum absolute atomic E-state index is 0.222. The lowest BCUT2D eigenvalue weighted by molar-refractivity contribution is 0.0985. The second kappa shape index (κ2) is 10.3. The Morgan fingerprint density at radius 3 is 2.10 bits per heavy atom. The van der Waals surface area contributed by atoms with Crippen molar-refractivity contribution < 1.29 is 19.1 Å². The molecule has 0 aliphatic carbocycles. The Labute approximate surface area is 191 Å². The fourth-order valence-electron chi connectivity index (χ4n) is 1.97. The number of benzene rings is 2. The van der Waals surface area contributed by atoms with Crippen LogP contribution < -0.4 is 20.7 Å². The van der Waals surface area contributed by atoms with E-state index in [9.17, 15) is 9.59 Å². The smallest absolute Gasteiger partial charge is 0.413 e. The van der Waals surface area contributed by atoms with E-state index in [0.29, 0.717) is 16.5 Å². The monoisotopic (exact) mass is 499 g/mol. The van der Waals surface area contributed by atoms with Gasteiger partial charge in [0.25, 0.3) is 0 Å². The molecule has 29 heavy (non-hydrogen) atoms. The summed E-state index contributed by atoms with van der Waals surface area (Å²) >= 11 is 29.1. The molecular weight excluding hydrogens is 487 g/mol. The van der Waals surface area contributed by atoms with Gasteiger partial charge < -0.3 is 14.8 Å². The molecule has 7 nitrogen and oxygen atoms in total. The van der Waals surface area contributed by atoms with E-state index in [0.717, 1.165) is 0 Å². The second-order valence-electron chi connectivity index (χ2n) is 5.41. The van der Waals surface area contributed by atoms with Gasteiger partial charge in [-0.25, -0.2) is 9.59 Å². The van der Waals surface area contributed by atoms with Crippen LogP contribution in [-0.2, 0) is 4.74 Å². The Kier molecular flexibility index (Phi) is 8.36. The average molecular weight is 502 g/mol. The summed E-state index contributed by atoms with van der Waals surface area (Å²) in [5.74, 6) is 0.609. The first-order valence-electron chi connectivity index (χ1n) is 7.79. The van der Waals surface area contributed by atoms with Crippen LogP contribution in [0.1, 0.15) is 0 Å². The van der Waals surface area contributed by atoms with E-state index >= 15 is 0 Å². The van der Waals surface area contributed by atoms with E-state index in [1.165, 1.54) is 25.3 Å². The van der Waals surface area contributed by atoms with Crippen LogP contribution in [0.25, 0.3) is 0 Å². The molecule has 2 aromatic rings. The molecule has 0 saturated carbocycles. The molecule has 0 bridgehead atoms. The average Bonchev–Trinajstić information content (AvgIpc) is 2.64. The number of amides is 3. The molecule has 2 rings (SSSR count). The summed E-state index contributed by atoms with van der Waals surface area (Å²) in [6, 6.07) is 10.1. The fraction of sp³-hybridized carbons (Fsp3) is 0.176. The van der Waals surface area contributed by atoms with Gasteiger partial charge in [0.15, 0.2) is 0 Å². The van der Waals surface area contributed by atoms with Crippen molar-refractivity contribution >= 4 is 81.5 Å². The van der Waals surface area contributed by atoms with E-state index < -0.39 is 22.1 Å². The van der Waals surface area contributed by atoms with Crippen LogP contribution in [-0.4, -0.2) is 29.3 Å². The molecule has 1 unspecified atom stereocenters. The Bertz CT molecular complexity index is 874. The number of ether oxygens (including phenoxy) is 2. The van der Waals surface area contributed by atoms with Gasteiger partial charge in [0, 0.05) is 11.4 Å². The summed E-state index contributed by atoms with van der Waals surface area (Å²) in [4.78, 5) is 24.3. The fourth-order valence-corrected chi connectivity index (χ4v) is 2.56. The number of hydrogen-bond acceptors (Lipinski definition) is 4.